The maximum atomic E-state index is 12.8. The fourth-order valence-electron chi connectivity index (χ4n) is 3.24. The Bertz CT molecular complexity index is 849. The van der Waals surface area contributed by atoms with E-state index in [2.05, 4.69) is 5.32 Å². The predicted octanol–water partition coefficient (Wildman–Crippen LogP) is 3.19. The van der Waals surface area contributed by atoms with Gasteiger partial charge in [-0.2, -0.15) is 0 Å². The van der Waals surface area contributed by atoms with Gasteiger partial charge in [0.25, 0.3) is 5.91 Å². The SMILES string of the molecule is Cc1ccc(N2C(=O)CS[C@@]23C(=O)Nc2ccccc23)cc1C. The van der Waals surface area contributed by atoms with Crippen LogP contribution in [-0.4, -0.2) is 17.6 Å². The minimum Gasteiger partial charge on any atom is -0.323 e. The third kappa shape index (κ3) is 1.86. The van der Waals surface area contributed by atoms with Crippen LogP contribution in [0.15, 0.2) is 42.5 Å². The fraction of sp³-hybridized carbons (Fsp3) is 0.222. The molecule has 1 atom stereocenters. The van der Waals surface area contributed by atoms with Crippen molar-refractivity contribution in [1.82, 2.24) is 0 Å². The lowest BCUT2D eigenvalue weighted by molar-refractivity contribution is -0.122. The van der Waals surface area contributed by atoms with Crippen LogP contribution < -0.4 is 10.2 Å². The molecule has 0 bridgehead atoms. The first-order valence-corrected chi connectivity index (χ1v) is 8.48. The zero-order valence-corrected chi connectivity index (χ0v) is 13.7. The van der Waals surface area contributed by atoms with Crippen LogP contribution in [0.25, 0.3) is 0 Å². The summed E-state index contributed by atoms with van der Waals surface area (Å²) in [5.41, 5.74) is 4.69. The number of fused-ring (bicyclic) bond motifs is 2. The number of amides is 2. The Morgan fingerprint density at radius 2 is 1.87 bits per heavy atom. The zero-order chi connectivity index (χ0) is 16.2. The second kappa shape index (κ2) is 4.86. The van der Waals surface area contributed by atoms with Crippen LogP contribution >= 0.6 is 11.8 Å². The number of para-hydroxylation sites is 1. The average molecular weight is 324 g/mol. The summed E-state index contributed by atoms with van der Waals surface area (Å²) in [5.74, 6) is 0.118. The molecule has 4 rings (SSSR count). The molecule has 2 aromatic carbocycles. The van der Waals surface area contributed by atoms with Crippen LogP contribution in [0, 0.1) is 13.8 Å². The van der Waals surface area contributed by atoms with Gasteiger partial charge in [0.15, 0.2) is 0 Å². The number of benzene rings is 2. The molecule has 0 saturated carbocycles. The van der Waals surface area contributed by atoms with Crippen molar-refractivity contribution in [3.05, 3.63) is 59.2 Å². The molecule has 5 heteroatoms. The van der Waals surface area contributed by atoms with Crippen LogP contribution in [0.4, 0.5) is 11.4 Å². The van der Waals surface area contributed by atoms with Gasteiger partial charge in [-0.1, -0.05) is 24.3 Å². The van der Waals surface area contributed by atoms with Crippen molar-refractivity contribution in [2.75, 3.05) is 16.0 Å². The van der Waals surface area contributed by atoms with E-state index >= 15 is 0 Å². The van der Waals surface area contributed by atoms with Gasteiger partial charge in [-0.15, -0.1) is 11.8 Å². The van der Waals surface area contributed by atoms with E-state index in [-0.39, 0.29) is 11.8 Å². The molecule has 116 valence electrons. The highest BCUT2D eigenvalue weighted by Crippen LogP contribution is 2.53. The normalized spacial score (nSPS) is 22.6. The van der Waals surface area contributed by atoms with Crippen molar-refractivity contribution >= 4 is 35.0 Å². The first-order valence-electron chi connectivity index (χ1n) is 7.49. The molecule has 2 aromatic rings. The lowest BCUT2D eigenvalue weighted by atomic mass is 10.0. The molecule has 0 radical (unpaired) electrons. The van der Waals surface area contributed by atoms with Gasteiger partial charge in [0.2, 0.25) is 10.8 Å². The molecule has 1 N–H and O–H groups in total. The van der Waals surface area contributed by atoms with Crippen LogP contribution in [0.2, 0.25) is 0 Å². The van der Waals surface area contributed by atoms with Gasteiger partial charge in [0.1, 0.15) is 0 Å². The first kappa shape index (κ1) is 14.3. The molecular weight excluding hydrogens is 308 g/mol. The van der Waals surface area contributed by atoms with Crippen molar-refractivity contribution in [1.29, 1.82) is 0 Å². The van der Waals surface area contributed by atoms with Crippen LogP contribution in [0.3, 0.4) is 0 Å². The van der Waals surface area contributed by atoms with Crippen molar-refractivity contribution in [2.45, 2.75) is 18.7 Å². The maximum Gasteiger partial charge on any atom is 0.266 e. The smallest absolute Gasteiger partial charge is 0.266 e. The summed E-state index contributed by atoms with van der Waals surface area (Å²) in [6, 6.07) is 13.5. The highest BCUT2D eigenvalue weighted by molar-refractivity contribution is 8.02. The molecule has 23 heavy (non-hydrogen) atoms. The third-order valence-electron chi connectivity index (χ3n) is 4.57. The second-order valence-electron chi connectivity index (χ2n) is 5.93. The fourth-order valence-corrected chi connectivity index (χ4v) is 4.56. The molecule has 1 spiro atoms. The molecular formula is C18H16N2O2S. The minimum atomic E-state index is -0.991. The van der Waals surface area contributed by atoms with Crippen molar-refractivity contribution in [3.8, 4) is 0 Å². The third-order valence-corrected chi connectivity index (χ3v) is 5.96. The van der Waals surface area contributed by atoms with E-state index in [9.17, 15) is 9.59 Å². The Kier molecular flexibility index (Phi) is 3.03. The molecule has 2 heterocycles. The van der Waals surface area contributed by atoms with Gasteiger partial charge < -0.3 is 5.32 Å². The number of rotatable bonds is 1. The summed E-state index contributed by atoms with van der Waals surface area (Å²) in [4.78, 5) is 26.1. The molecule has 4 nitrogen and oxygen atoms in total. The van der Waals surface area contributed by atoms with Gasteiger partial charge in [0, 0.05) is 16.9 Å². The Morgan fingerprint density at radius 3 is 2.65 bits per heavy atom. The van der Waals surface area contributed by atoms with E-state index in [1.807, 2.05) is 56.3 Å². The highest BCUT2D eigenvalue weighted by Gasteiger charge is 2.58. The highest BCUT2D eigenvalue weighted by atomic mass is 32.2. The second-order valence-corrected chi connectivity index (χ2v) is 7.10. The number of hydrogen-bond acceptors (Lipinski definition) is 3. The minimum absolute atomic E-state index is 0.0369. The Labute approximate surface area is 138 Å². The number of carbonyl (C=O) groups is 2. The molecule has 1 saturated heterocycles. The van der Waals surface area contributed by atoms with Crippen LogP contribution in [-0.2, 0) is 14.5 Å². The molecule has 2 amide bonds. The number of aryl methyl sites for hydroxylation is 2. The first-order chi connectivity index (χ1) is 11.0. The van der Waals surface area contributed by atoms with E-state index in [0.717, 1.165) is 22.5 Å². The Morgan fingerprint density at radius 1 is 1.09 bits per heavy atom. The lowest BCUT2D eigenvalue weighted by Crippen LogP contribution is -2.47. The monoisotopic (exact) mass is 324 g/mol. The van der Waals surface area contributed by atoms with Crippen LogP contribution in [0.1, 0.15) is 16.7 Å². The van der Waals surface area contributed by atoms with Gasteiger partial charge in [-0.3, -0.25) is 14.5 Å². The van der Waals surface area contributed by atoms with Gasteiger partial charge in [-0.05, 0) is 43.2 Å². The summed E-state index contributed by atoms with van der Waals surface area (Å²) in [6.45, 7) is 4.05. The summed E-state index contributed by atoms with van der Waals surface area (Å²) in [5, 5.41) is 2.92. The number of thioether (sulfide) groups is 1. The van der Waals surface area contributed by atoms with E-state index in [1.54, 1.807) is 4.90 Å². The predicted molar refractivity (Wildman–Crippen MR) is 92.6 cm³/mol. The summed E-state index contributed by atoms with van der Waals surface area (Å²) in [7, 11) is 0. The van der Waals surface area contributed by atoms with Gasteiger partial charge >= 0.3 is 0 Å². The van der Waals surface area contributed by atoms with Crippen LogP contribution in [0.5, 0.6) is 0 Å². The van der Waals surface area contributed by atoms with E-state index in [0.29, 0.717) is 5.75 Å². The number of nitrogens with zero attached hydrogens (tertiary/aromatic N) is 1. The van der Waals surface area contributed by atoms with Crippen molar-refractivity contribution in [2.24, 2.45) is 0 Å². The summed E-state index contributed by atoms with van der Waals surface area (Å²) < 4.78 is 0. The maximum absolute atomic E-state index is 12.8. The Hall–Kier alpha value is -2.27. The number of carbonyl (C=O) groups excluding carboxylic acids is 2. The molecule has 2 aliphatic heterocycles. The zero-order valence-electron chi connectivity index (χ0n) is 12.9. The van der Waals surface area contributed by atoms with Gasteiger partial charge in [0.05, 0.1) is 5.75 Å². The van der Waals surface area contributed by atoms with Gasteiger partial charge in [-0.25, -0.2) is 0 Å². The standard InChI is InChI=1S/C18H16N2O2S/c1-11-7-8-13(9-12(11)2)20-16(21)10-23-18(20)14-5-3-4-6-15(14)19-17(18)22/h3-9H,10H2,1-2H3,(H,19,22)/t18-/m0/s1. The van der Waals surface area contributed by atoms with Crippen molar-refractivity contribution < 1.29 is 9.59 Å². The topological polar surface area (TPSA) is 49.4 Å². The van der Waals surface area contributed by atoms with Crippen molar-refractivity contribution in [3.63, 3.8) is 0 Å². The largest absolute Gasteiger partial charge is 0.323 e. The quantitative estimate of drug-likeness (QED) is 0.876. The number of nitrogens with one attached hydrogen (secondary N) is 1. The Balaban J connectivity index is 1.93. The van der Waals surface area contributed by atoms with E-state index < -0.39 is 4.87 Å². The summed E-state index contributed by atoms with van der Waals surface area (Å²) >= 11 is 1.39. The van der Waals surface area contributed by atoms with E-state index in [4.69, 9.17) is 0 Å². The average Bonchev–Trinajstić information content (AvgIpc) is 3.02. The number of hydrogen-bond donors (Lipinski definition) is 1. The number of anilines is 2. The summed E-state index contributed by atoms with van der Waals surface area (Å²) in [6.07, 6.45) is 0. The molecule has 0 aliphatic carbocycles. The lowest BCUT2D eigenvalue weighted by Gasteiger charge is -2.32. The molecule has 2 aliphatic rings. The van der Waals surface area contributed by atoms with E-state index in [1.165, 1.54) is 17.3 Å². The molecule has 0 unspecified atom stereocenters. The molecule has 1 fully saturated rings. The molecule has 0 aromatic heterocycles.